The van der Waals surface area contributed by atoms with Crippen LogP contribution < -0.4 is 5.56 Å². The molecule has 7 nitrogen and oxygen atoms in total. The summed E-state index contributed by atoms with van der Waals surface area (Å²) in [6, 6.07) is 0. The van der Waals surface area contributed by atoms with Gasteiger partial charge in [0.1, 0.15) is 10.7 Å². The van der Waals surface area contributed by atoms with Crippen molar-refractivity contribution in [1.82, 2.24) is 30.2 Å². The maximum atomic E-state index is 12.8. The fraction of sp³-hybridized carbons (Fsp3) is 0.611. The van der Waals surface area contributed by atoms with E-state index in [1.807, 2.05) is 6.92 Å². The minimum absolute atomic E-state index is 0.0232. The molecule has 0 unspecified atom stereocenters. The highest BCUT2D eigenvalue weighted by molar-refractivity contribution is 7.99. The van der Waals surface area contributed by atoms with E-state index in [2.05, 4.69) is 48.2 Å². The minimum atomic E-state index is -0.208. The van der Waals surface area contributed by atoms with Gasteiger partial charge >= 0.3 is 0 Å². The molecule has 1 aliphatic carbocycles. The summed E-state index contributed by atoms with van der Waals surface area (Å²) in [5.74, 6) is 1.35. The molecule has 0 radical (unpaired) electrons. The predicted octanol–water partition coefficient (Wildman–Crippen LogP) is 3.70. The third-order valence-corrected chi connectivity index (χ3v) is 7.12. The summed E-state index contributed by atoms with van der Waals surface area (Å²) in [5.41, 5.74) is 0.982. The van der Waals surface area contributed by atoms with Crippen LogP contribution in [0.2, 0.25) is 0 Å². The first kappa shape index (κ1) is 18.6. The first-order valence-corrected chi connectivity index (χ1v) is 10.9. The molecule has 1 aliphatic rings. The molecule has 3 aromatic heterocycles. The maximum absolute atomic E-state index is 12.8. The number of hydrogen-bond donors (Lipinski definition) is 1. The Bertz CT molecular complexity index is 1040. The Morgan fingerprint density at radius 1 is 1.37 bits per heavy atom. The van der Waals surface area contributed by atoms with Crippen LogP contribution in [-0.4, -0.2) is 30.2 Å². The lowest BCUT2D eigenvalue weighted by molar-refractivity contribution is 0.321. The van der Waals surface area contributed by atoms with E-state index in [9.17, 15) is 4.79 Å². The zero-order chi connectivity index (χ0) is 19.3. The zero-order valence-electron chi connectivity index (χ0n) is 16.2. The Morgan fingerprint density at radius 2 is 2.15 bits per heavy atom. The number of nitrogens with zero attached hydrogens (tertiary/aromatic N) is 5. The molecule has 0 amide bonds. The number of thioether (sulfide) groups is 1. The molecule has 0 aliphatic heterocycles. The average molecular weight is 405 g/mol. The summed E-state index contributed by atoms with van der Waals surface area (Å²) in [6.45, 7) is 10.5. The monoisotopic (exact) mass is 404 g/mol. The number of thiophene rings is 1. The van der Waals surface area contributed by atoms with Crippen LogP contribution in [-0.2, 0) is 18.4 Å². The highest BCUT2D eigenvalue weighted by Crippen LogP contribution is 2.37. The highest BCUT2D eigenvalue weighted by Gasteiger charge is 2.26. The maximum Gasteiger partial charge on any atom is 0.259 e. The van der Waals surface area contributed by atoms with Gasteiger partial charge in [-0.3, -0.25) is 4.79 Å². The summed E-state index contributed by atoms with van der Waals surface area (Å²) in [5, 5.41) is 13.5. The van der Waals surface area contributed by atoms with Gasteiger partial charge in [0.2, 0.25) is 5.16 Å². The van der Waals surface area contributed by atoms with Crippen LogP contribution in [0, 0.1) is 5.92 Å². The van der Waals surface area contributed by atoms with E-state index >= 15 is 0 Å². The summed E-state index contributed by atoms with van der Waals surface area (Å²) in [4.78, 5) is 22.8. The van der Waals surface area contributed by atoms with Crippen molar-refractivity contribution in [2.24, 2.45) is 5.92 Å². The second-order valence-electron chi connectivity index (χ2n) is 8.29. The molecule has 0 spiro atoms. The first-order chi connectivity index (χ1) is 12.7. The van der Waals surface area contributed by atoms with Crippen molar-refractivity contribution >= 4 is 33.3 Å². The van der Waals surface area contributed by atoms with Crippen LogP contribution in [0.5, 0.6) is 0 Å². The third-order valence-electron chi connectivity index (χ3n) is 4.93. The van der Waals surface area contributed by atoms with Crippen molar-refractivity contribution in [2.75, 3.05) is 0 Å². The van der Waals surface area contributed by atoms with Gasteiger partial charge in [-0.2, -0.15) is 0 Å². The van der Waals surface area contributed by atoms with Crippen LogP contribution in [0.15, 0.2) is 9.95 Å². The van der Waals surface area contributed by atoms with Crippen molar-refractivity contribution in [1.29, 1.82) is 0 Å². The molecular formula is C18H24N6OS2. The van der Waals surface area contributed by atoms with Crippen molar-refractivity contribution in [2.45, 2.75) is 69.8 Å². The van der Waals surface area contributed by atoms with Gasteiger partial charge in [0, 0.05) is 4.88 Å². The lowest BCUT2D eigenvalue weighted by atomic mass is 9.89. The SMILES string of the molecule is C[C@H]1CCc2c(sc3nc([C@@H](C)Sc4nnnn4C(C)(C)C)[nH]c(=O)c23)C1. The number of aromatic amines is 1. The minimum Gasteiger partial charge on any atom is -0.309 e. The Hall–Kier alpha value is -1.74. The number of aromatic nitrogens is 6. The number of H-pyrrole nitrogens is 1. The predicted molar refractivity (Wildman–Crippen MR) is 109 cm³/mol. The van der Waals surface area contributed by atoms with E-state index in [1.165, 1.54) is 22.2 Å². The van der Waals surface area contributed by atoms with Crippen LogP contribution in [0.4, 0.5) is 0 Å². The average Bonchev–Trinajstić information content (AvgIpc) is 3.17. The van der Waals surface area contributed by atoms with Crippen molar-refractivity contribution in [3.05, 3.63) is 26.6 Å². The van der Waals surface area contributed by atoms with Gasteiger partial charge in [-0.05, 0) is 68.9 Å². The first-order valence-electron chi connectivity index (χ1n) is 9.24. The lowest BCUT2D eigenvalue weighted by Gasteiger charge is -2.20. The van der Waals surface area contributed by atoms with Crippen molar-refractivity contribution in [3.63, 3.8) is 0 Å². The van der Waals surface area contributed by atoms with E-state index < -0.39 is 0 Å². The molecule has 9 heteroatoms. The number of rotatable bonds is 3. The van der Waals surface area contributed by atoms with Gasteiger partial charge in [-0.25, -0.2) is 9.67 Å². The Balaban J connectivity index is 1.68. The second-order valence-corrected chi connectivity index (χ2v) is 10.7. The molecule has 2 atom stereocenters. The quantitative estimate of drug-likeness (QED) is 0.670. The Kier molecular flexibility index (Phi) is 4.62. The smallest absolute Gasteiger partial charge is 0.259 e. The Labute approximate surface area is 166 Å². The zero-order valence-corrected chi connectivity index (χ0v) is 17.9. The van der Waals surface area contributed by atoms with Gasteiger partial charge in [-0.1, -0.05) is 18.7 Å². The normalized spacial score (nSPS) is 18.6. The molecule has 4 rings (SSSR count). The van der Waals surface area contributed by atoms with E-state index in [1.54, 1.807) is 16.0 Å². The number of tetrazole rings is 1. The van der Waals surface area contributed by atoms with Crippen LogP contribution in [0.25, 0.3) is 10.2 Å². The molecule has 0 saturated carbocycles. The van der Waals surface area contributed by atoms with Crippen molar-refractivity contribution in [3.8, 4) is 0 Å². The molecule has 144 valence electrons. The molecule has 3 aromatic rings. The highest BCUT2D eigenvalue weighted by atomic mass is 32.2. The third kappa shape index (κ3) is 3.42. The number of hydrogen-bond acceptors (Lipinski definition) is 7. The van der Waals surface area contributed by atoms with Gasteiger partial charge < -0.3 is 4.98 Å². The molecule has 0 fully saturated rings. The fourth-order valence-electron chi connectivity index (χ4n) is 3.45. The van der Waals surface area contributed by atoms with Crippen molar-refractivity contribution < 1.29 is 0 Å². The van der Waals surface area contributed by atoms with E-state index in [4.69, 9.17) is 4.98 Å². The Morgan fingerprint density at radius 3 is 2.89 bits per heavy atom. The molecule has 1 N–H and O–H groups in total. The number of nitrogens with one attached hydrogen (secondary N) is 1. The number of fused-ring (bicyclic) bond motifs is 3. The van der Waals surface area contributed by atoms with Gasteiger partial charge in [0.05, 0.1) is 16.2 Å². The molecule has 3 heterocycles. The second kappa shape index (κ2) is 6.70. The van der Waals surface area contributed by atoms with E-state index in [-0.39, 0.29) is 16.3 Å². The van der Waals surface area contributed by atoms with Crippen LogP contribution >= 0.6 is 23.1 Å². The molecule has 0 aromatic carbocycles. The van der Waals surface area contributed by atoms with E-state index in [0.717, 1.165) is 34.6 Å². The van der Waals surface area contributed by atoms with Gasteiger partial charge in [0.15, 0.2) is 0 Å². The van der Waals surface area contributed by atoms with Gasteiger partial charge in [-0.15, -0.1) is 16.4 Å². The topological polar surface area (TPSA) is 89.3 Å². The van der Waals surface area contributed by atoms with Gasteiger partial charge in [0.25, 0.3) is 5.56 Å². The summed E-state index contributed by atoms with van der Waals surface area (Å²) >= 11 is 3.19. The summed E-state index contributed by atoms with van der Waals surface area (Å²) in [7, 11) is 0. The molecule has 0 bridgehead atoms. The van der Waals surface area contributed by atoms with Crippen LogP contribution in [0.1, 0.15) is 62.6 Å². The van der Waals surface area contributed by atoms with Crippen LogP contribution in [0.3, 0.4) is 0 Å². The summed E-state index contributed by atoms with van der Waals surface area (Å²) < 4.78 is 1.80. The fourth-order valence-corrected chi connectivity index (χ4v) is 5.87. The number of aryl methyl sites for hydroxylation is 1. The van der Waals surface area contributed by atoms with E-state index in [0.29, 0.717) is 11.7 Å². The lowest BCUT2D eigenvalue weighted by Crippen LogP contribution is -2.24. The standard InChI is InChI=1S/C18H24N6OS2/c1-9-6-7-11-12(8-9)27-16-13(11)15(25)19-14(20-16)10(2)26-17-21-22-23-24(17)18(3,4)5/h9-10H,6-8H2,1-5H3,(H,19,20,25)/t9-,10+/m0/s1. The summed E-state index contributed by atoms with van der Waals surface area (Å²) in [6.07, 6.45) is 3.17. The molecule has 27 heavy (non-hydrogen) atoms. The molecular weight excluding hydrogens is 380 g/mol. The largest absolute Gasteiger partial charge is 0.309 e. The molecule has 0 saturated heterocycles.